The van der Waals surface area contributed by atoms with E-state index in [-0.39, 0.29) is 11.8 Å². The van der Waals surface area contributed by atoms with Gasteiger partial charge in [-0.25, -0.2) is 0 Å². The van der Waals surface area contributed by atoms with Crippen LogP contribution in [0.1, 0.15) is 30.1 Å². The number of carbonyl (C=O) groups excluding carboxylic acids is 2. The first-order valence-electron chi connectivity index (χ1n) is 9.54. The molecule has 0 bridgehead atoms. The van der Waals surface area contributed by atoms with Crippen molar-refractivity contribution in [1.82, 2.24) is 0 Å². The summed E-state index contributed by atoms with van der Waals surface area (Å²) in [4.78, 5) is 26.9. The number of anilines is 2. The van der Waals surface area contributed by atoms with Crippen LogP contribution >= 0.6 is 0 Å². The van der Waals surface area contributed by atoms with E-state index in [1.807, 2.05) is 67.6 Å². The molecule has 1 aliphatic heterocycles. The van der Waals surface area contributed by atoms with Crippen LogP contribution in [0.4, 0.5) is 11.4 Å². The van der Waals surface area contributed by atoms with Crippen LogP contribution < -0.4 is 15.0 Å². The fraction of sp³-hybridized carbons (Fsp3) is 0.217. The molecule has 0 atom stereocenters. The van der Waals surface area contributed by atoms with E-state index in [9.17, 15) is 9.59 Å². The Kier molecular flexibility index (Phi) is 4.98. The molecule has 3 aromatic carbocycles. The normalized spacial score (nSPS) is 12.5. The van der Waals surface area contributed by atoms with Crippen molar-refractivity contribution in [3.63, 3.8) is 0 Å². The third-order valence-corrected chi connectivity index (χ3v) is 4.90. The molecular weight excluding hydrogens is 352 g/mol. The van der Waals surface area contributed by atoms with E-state index in [0.717, 1.165) is 22.0 Å². The topological polar surface area (TPSA) is 58.6 Å². The maximum Gasteiger partial charge on any atom is 0.258 e. The third-order valence-electron chi connectivity index (χ3n) is 4.90. The molecule has 0 saturated heterocycles. The Morgan fingerprint density at radius 1 is 1.04 bits per heavy atom. The van der Waals surface area contributed by atoms with Gasteiger partial charge in [0, 0.05) is 23.9 Å². The number of nitrogens with one attached hydrogen (secondary N) is 1. The largest absolute Gasteiger partial charge is 0.492 e. The van der Waals surface area contributed by atoms with Gasteiger partial charge in [-0.05, 0) is 43.0 Å². The summed E-state index contributed by atoms with van der Waals surface area (Å²) < 4.78 is 5.54. The minimum absolute atomic E-state index is 0.00824. The summed E-state index contributed by atoms with van der Waals surface area (Å²) in [6, 6.07) is 19.1. The molecule has 0 aliphatic carbocycles. The van der Waals surface area contributed by atoms with Crippen molar-refractivity contribution in [1.29, 1.82) is 0 Å². The highest BCUT2D eigenvalue weighted by atomic mass is 16.5. The molecule has 142 valence electrons. The highest BCUT2D eigenvalue weighted by Gasteiger charge is 2.29. The second-order valence-corrected chi connectivity index (χ2v) is 6.72. The van der Waals surface area contributed by atoms with Crippen LogP contribution in [0.2, 0.25) is 0 Å². The highest BCUT2D eigenvalue weighted by Crippen LogP contribution is 2.37. The van der Waals surface area contributed by atoms with Crippen LogP contribution in [-0.2, 0) is 4.79 Å². The molecule has 5 nitrogen and oxygen atoms in total. The van der Waals surface area contributed by atoms with Crippen LogP contribution in [0.15, 0.2) is 60.7 Å². The molecule has 1 N–H and O–H groups in total. The van der Waals surface area contributed by atoms with Gasteiger partial charge < -0.3 is 15.0 Å². The lowest BCUT2D eigenvalue weighted by atomic mass is 10.1. The van der Waals surface area contributed by atoms with Crippen LogP contribution in [0.25, 0.3) is 10.8 Å². The lowest BCUT2D eigenvalue weighted by Gasteiger charge is -2.17. The minimum atomic E-state index is -0.0884. The Bertz CT molecular complexity index is 1040. The molecule has 1 aliphatic rings. The molecule has 0 fully saturated rings. The molecule has 0 unspecified atom stereocenters. The lowest BCUT2D eigenvalue weighted by molar-refractivity contribution is -0.116. The number of hydrogen-bond acceptors (Lipinski definition) is 3. The summed E-state index contributed by atoms with van der Waals surface area (Å²) >= 11 is 0. The second-order valence-electron chi connectivity index (χ2n) is 6.72. The van der Waals surface area contributed by atoms with Gasteiger partial charge in [-0.3, -0.25) is 9.59 Å². The van der Waals surface area contributed by atoms with Gasteiger partial charge in [0.25, 0.3) is 5.91 Å². The predicted octanol–water partition coefficient (Wildman–Crippen LogP) is 4.62. The maximum atomic E-state index is 12.8. The summed E-state index contributed by atoms with van der Waals surface area (Å²) in [5, 5.41) is 4.97. The number of ether oxygens (including phenoxy) is 1. The average molecular weight is 374 g/mol. The van der Waals surface area contributed by atoms with Crippen molar-refractivity contribution in [2.24, 2.45) is 0 Å². The zero-order valence-corrected chi connectivity index (χ0v) is 15.8. The monoisotopic (exact) mass is 374 g/mol. The van der Waals surface area contributed by atoms with Gasteiger partial charge in [0.1, 0.15) is 5.75 Å². The standard InChI is InChI=1S/C23H22N2O3/c1-2-28-20-13-4-3-11-18(20)24-21(26)14-7-15-25-19-12-6-9-16-8-5-10-17(22(16)19)23(25)27/h3-6,8-13H,2,7,14-15H2,1H3,(H,24,26). The summed E-state index contributed by atoms with van der Waals surface area (Å²) in [7, 11) is 0. The summed E-state index contributed by atoms with van der Waals surface area (Å²) in [6.45, 7) is 2.95. The van der Waals surface area contributed by atoms with Gasteiger partial charge in [0.15, 0.2) is 0 Å². The Hall–Kier alpha value is -3.34. The number of para-hydroxylation sites is 2. The van der Waals surface area contributed by atoms with Gasteiger partial charge in [0.2, 0.25) is 5.91 Å². The van der Waals surface area contributed by atoms with Gasteiger partial charge in [-0.2, -0.15) is 0 Å². The first-order chi connectivity index (χ1) is 13.7. The number of nitrogens with zero attached hydrogens (tertiary/aromatic N) is 1. The van der Waals surface area contributed by atoms with Gasteiger partial charge in [-0.1, -0.05) is 36.4 Å². The lowest BCUT2D eigenvalue weighted by Crippen LogP contribution is -2.28. The van der Waals surface area contributed by atoms with Gasteiger partial charge >= 0.3 is 0 Å². The maximum absolute atomic E-state index is 12.8. The summed E-state index contributed by atoms with van der Waals surface area (Å²) in [5.41, 5.74) is 2.34. The molecule has 3 aromatic rings. The first kappa shape index (κ1) is 18.0. The first-order valence-corrected chi connectivity index (χ1v) is 9.54. The van der Waals surface area contributed by atoms with Crippen molar-refractivity contribution in [3.05, 3.63) is 66.2 Å². The fourth-order valence-electron chi connectivity index (χ4n) is 3.66. The molecule has 0 aromatic heterocycles. The van der Waals surface area contributed by atoms with E-state index >= 15 is 0 Å². The van der Waals surface area contributed by atoms with Crippen molar-refractivity contribution in [3.8, 4) is 5.75 Å². The molecule has 0 spiro atoms. The molecule has 0 radical (unpaired) electrons. The number of amides is 2. The van der Waals surface area contributed by atoms with Crippen molar-refractivity contribution in [2.75, 3.05) is 23.4 Å². The fourth-order valence-corrected chi connectivity index (χ4v) is 3.66. The quantitative estimate of drug-likeness (QED) is 0.657. The van der Waals surface area contributed by atoms with Crippen LogP contribution in [0.5, 0.6) is 5.75 Å². The van der Waals surface area contributed by atoms with Crippen LogP contribution in [-0.4, -0.2) is 25.0 Å². The predicted molar refractivity (Wildman–Crippen MR) is 111 cm³/mol. The van der Waals surface area contributed by atoms with E-state index in [0.29, 0.717) is 37.4 Å². The second kappa shape index (κ2) is 7.72. The summed E-state index contributed by atoms with van der Waals surface area (Å²) in [5.74, 6) is 0.582. The average Bonchev–Trinajstić information content (AvgIpc) is 2.98. The van der Waals surface area contributed by atoms with Crippen molar-refractivity contribution < 1.29 is 14.3 Å². The van der Waals surface area contributed by atoms with E-state index in [2.05, 4.69) is 5.32 Å². The van der Waals surface area contributed by atoms with E-state index < -0.39 is 0 Å². The highest BCUT2D eigenvalue weighted by molar-refractivity contribution is 6.25. The third kappa shape index (κ3) is 3.31. The number of hydrogen-bond donors (Lipinski definition) is 1. The Balaban J connectivity index is 1.39. The van der Waals surface area contributed by atoms with Crippen LogP contribution in [0, 0.1) is 0 Å². The Labute approximate surface area is 163 Å². The minimum Gasteiger partial charge on any atom is -0.492 e. The van der Waals surface area contributed by atoms with Gasteiger partial charge in [0.05, 0.1) is 18.0 Å². The molecule has 1 heterocycles. The smallest absolute Gasteiger partial charge is 0.258 e. The molecule has 5 heteroatoms. The van der Waals surface area contributed by atoms with E-state index in [1.165, 1.54) is 0 Å². The number of carbonyl (C=O) groups is 2. The Morgan fingerprint density at radius 3 is 2.64 bits per heavy atom. The van der Waals surface area contributed by atoms with Crippen LogP contribution in [0.3, 0.4) is 0 Å². The van der Waals surface area contributed by atoms with Gasteiger partial charge in [-0.15, -0.1) is 0 Å². The Morgan fingerprint density at radius 2 is 1.82 bits per heavy atom. The number of rotatable bonds is 7. The molecule has 0 saturated carbocycles. The zero-order valence-electron chi connectivity index (χ0n) is 15.8. The summed E-state index contributed by atoms with van der Waals surface area (Å²) in [6.07, 6.45) is 0.912. The zero-order chi connectivity index (χ0) is 19.5. The SMILES string of the molecule is CCOc1ccccc1NC(=O)CCCN1C(=O)c2cccc3cccc1c23. The molecule has 2 amide bonds. The molecule has 28 heavy (non-hydrogen) atoms. The number of benzene rings is 3. The van der Waals surface area contributed by atoms with Crippen molar-refractivity contribution >= 4 is 34.0 Å². The van der Waals surface area contributed by atoms with Crippen molar-refractivity contribution in [2.45, 2.75) is 19.8 Å². The van der Waals surface area contributed by atoms with E-state index in [1.54, 1.807) is 4.90 Å². The molecule has 4 rings (SSSR count). The van der Waals surface area contributed by atoms with E-state index in [4.69, 9.17) is 4.74 Å². The molecular formula is C23H22N2O3.